The van der Waals surface area contributed by atoms with E-state index in [0.29, 0.717) is 0 Å². The molecule has 0 aliphatic rings. The Bertz CT molecular complexity index is 151. The van der Waals surface area contributed by atoms with Crippen molar-refractivity contribution in [3.8, 4) is 0 Å². The molecule has 0 aromatic heterocycles. The molecule has 0 fully saturated rings. The van der Waals surface area contributed by atoms with Crippen LogP contribution in [-0.4, -0.2) is 57.0 Å². The molecule has 0 unspecified atom stereocenters. The number of hydrogen-bond donors (Lipinski definition) is 5. The molecule has 0 bridgehead atoms. The molecule has 0 atom stereocenters. The van der Waals surface area contributed by atoms with E-state index in [4.69, 9.17) is 25.5 Å². The van der Waals surface area contributed by atoms with Crippen molar-refractivity contribution >= 4 is 5.71 Å². The molecule has 0 heterocycles. The topological polar surface area (TPSA) is 114 Å². The zero-order valence-electron chi connectivity index (χ0n) is 6.51. The zero-order valence-corrected chi connectivity index (χ0v) is 6.51. The van der Waals surface area contributed by atoms with Gasteiger partial charge in [0.1, 0.15) is 5.71 Å². The fourth-order valence-corrected chi connectivity index (χ4v) is 0.644. The van der Waals surface area contributed by atoms with Crippen molar-refractivity contribution in [2.24, 2.45) is 4.99 Å². The maximum absolute atomic E-state index is 8.62. The lowest BCUT2D eigenvalue weighted by Gasteiger charge is -2.15. The van der Waals surface area contributed by atoms with Gasteiger partial charge in [-0.05, 0) is 0 Å². The molecule has 5 N–H and O–H groups in total. The van der Waals surface area contributed by atoms with Crippen molar-refractivity contribution in [1.82, 2.24) is 0 Å². The van der Waals surface area contributed by atoms with E-state index in [9.17, 15) is 0 Å². The van der Waals surface area contributed by atoms with E-state index in [1.165, 1.54) is 0 Å². The van der Waals surface area contributed by atoms with Crippen LogP contribution in [0.2, 0.25) is 0 Å². The van der Waals surface area contributed by atoms with Gasteiger partial charge >= 0.3 is 5.97 Å². The Balaban J connectivity index is 4.22. The van der Waals surface area contributed by atoms with Gasteiger partial charge in [-0.25, -0.2) is 0 Å². The van der Waals surface area contributed by atoms with Gasteiger partial charge in [0.2, 0.25) is 0 Å². The van der Waals surface area contributed by atoms with Crippen molar-refractivity contribution in [2.75, 3.05) is 19.8 Å². The van der Waals surface area contributed by atoms with Crippen LogP contribution in [0, 0.1) is 0 Å². The van der Waals surface area contributed by atoms with Crippen LogP contribution in [0.1, 0.15) is 6.42 Å². The summed E-state index contributed by atoms with van der Waals surface area (Å²) < 4.78 is 0. The average molecular weight is 179 g/mol. The summed E-state index contributed by atoms with van der Waals surface area (Å²) in [6.07, 6.45) is -0.149. The summed E-state index contributed by atoms with van der Waals surface area (Å²) >= 11 is 0. The molecule has 0 aliphatic heterocycles. The lowest BCUT2D eigenvalue weighted by atomic mass is 10.2. The molecule has 0 aromatic rings. The van der Waals surface area contributed by atoms with E-state index in [0.717, 1.165) is 0 Å². The van der Waals surface area contributed by atoms with E-state index in [1.54, 1.807) is 0 Å². The Morgan fingerprint density at radius 2 is 1.67 bits per heavy atom. The molecule has 0 aliphatic carbocycles. The molecule has 6 nitrogen and oxygen atoms in total. The predicted molar refractivity (Wildman–Crippen MR) is 40.5 cm³/mol. The highest BCUT2D eigenvalue weighted by Crippen LogP contribution is 2.01. The molecule has 0 amide bonds. The first-order valence-corrected chi connectivity index (χ1v) is 3.45. The van der Waals surface area contributed by atoms with Crippen LogP contribution < -0.4 is 0 Å². The number of aliphatic hydroxyl groups is 5. The predicted octanol–water partition coefficient (Wildman–Crippen LogP) is -2.57. The first kappa shape index (κ1) is 11.5. The lowest BCUT2D eigenvalue weighted by Crippen LogP contribution is -2.38. The first-order valence-electron chi connectivity index (χ1n) is 3.45. The molecular weight excluding hydrogens is 166 g/mol. The monoisotopic (exact) mass is 179 g/mol. The van der Waals surface area contributed by atoms with E-state index in [2.05, 4.69) is 4.99 Å². The molecule has 0 saturated carbocycles. The lowest BCUT2D eigenvalue weighted by molar-refractivity contribution is -0.257. The van der Waals surface area contributed by atoms with Crippen LogP contribution in [0.5, 0.6) is 0 Å². The third-order valence-electron chi connectivity index (χ3n) is 1.14. The van der Waals surface area contributed by atoms with Gasteiger partial charge in [-0.1, -0.05) is 0 Å². The van der Waals surface area contributed by atoms with Crippen LogP contribution in [0.15, 0.2) is 4.99 Å². The smallest absolute Gasteiger partial charge is 0.317 e. The van der Waals surface area contributed by atoms with Gasteiger partial charge in [0.05, 0.1) is 13.2 Å². The molecule has 0 radical (unpaired) electrons. The number of rotatable bonds is 5. The van der Waals surface area contributed by atoms with E-state index in [-0.39, 0.29) is 31.9 Å². The summed E-state index contributed by atoms with van der Waals surface area (Å²) in [6.45, 7) is -0.655. The zero-order chi connectivity index (χ0) is 9.61. The maximum atomic E-state index is 8.62. The molecule has 72 valence electrons. The highest BCUT2D eigenvalue weighted by Gasteiger charge is 2.25. The summed E-state index contributed by atoms with van der Waals surface area (Å²) in [6, 6.07) is 0. The third-order valence-corrected chi connectivity index (χ3v) is 1.14. The molecule has 12 heavy (non-hydrogen) atoms. The Hall–Kier alpha value is -0.530. The Labute approximate surface area is 69.4 Å². The van der Waals surface area contributed by atoms with Crippen LogP contribution in [0.25, 0.3) is 0 Å². The largest absolute Gasteiger partial charge is 0.396 e. The summed E-state index contributed by atoms with van der Waals surface area (Å²) in [7, 11) is 0. The van der Waals surface area contributed by atoms with Crippen molar-refractivity contribution in [1.29, 1.82) is 0 Å². The van der Waals surface area contributed by atoms with Crippen LogP contribution >= 0.6 is 0 Å². The van der Waals surface area contributed by atoms with Gasteiger partial charge in [-0.3, -0.25) is 4.99 Å². The first-order chi connectivity index (χ1) is 5.52. The number of aliphatic imine (C=N–C) groups is 1. The Morgan fingerprint density at radius 3 is 2.00 bits per heavy atom. The van der Waals surface area contributed by atoms with Crippen molar-refractivity contribution in [3.63, 3.8) is 0 Å². The Morgan fingerprint density at radius 1 is 1.08 bits per heavy atom. The fourth-order valence-electron chi connectivity index (χ4n) is 0.644. The molecule has 0 rings (SSSR count). The summed E-state index contributed by atoms with van der Waals surface area (Å²) in [5, 5.41) is 42.6. The van der Waals surface area contributed by atoms with Gasteiger partial charge in [0.15, 0.2) is 0 Å². The molecule has 6 heteroatoms. The van der Waals surface area contributed by atoms with Crippen LogP contribution in [0.3, 0.4) is 0 Å². The SMILES string of the molecule is OCCN=C(CCO)C(O)(O)O. The van der Waals surface area contributed by atoms with Crippen molar-refractivity contribution in [2.45, 2.75) is 12.4 Å². The summed E-state index contributed by atoms with van der Waals surface area (Å²) in [5.74, 6) is -3.00. The van der Waals surface area contributed by atoms with E-state index in [1.807, 2.05) is 0 Å². The minimum Gasteiger partial charge on any atom is -0.396 e. The molecular formula is C6H13NO5. The second-order valence-electron chi connectivity index (χ2n) is 2.16. The molecule has 0 spiro atoms. The van der Waals surface area contributed by atoms with Gasteiger partial charge in [0, 0.05) is 13.0 Å². The number of hydrogen-bond acceptors (Lipinski definition) is 6. The molecule has 0 saturated heterocycles. The summed E-state index contributed by atoms with van der Waals surface area (Å²) in [4.78, 5) is 3.46. The minimum atomic E-state index is -3.00. The third kappa shape index (κ3) is 4.37. The highest BCUT2D eigenvalue weighted by atomic mass is 16.7. The minimum absolute atomic E-state index is 0.0429. The fraction of sp³-hybridized carbons (Fsp3) is 0.833. The van der Waals surface area contributed by atoms with Gasteiger partial charge in [-0.15, -0.1) is 0 Å². The van der Waals surface area contributed by atoms with Crippen LogP contribution in [-0.2, 0) is 0 Å². The second-order valence-corrected chi connectivity index (χ2v) is 2.16. The maximum Gasteiger partial charge on any atom is 0.317 e. The van der Waals surface area contributed by atoms with Gasteiger partial charge in [-0.2, -0.15) is 0 Å². The van der Waals surface area contributed by atoms with Gasteiger partial charge in [0.25, 0.3) is 0 Å². The average Bonchev–Trinajstić information content (AvgIpc) is 1.95. The summed E-state index contributed by atoms with van der Waals surface area (Å²) in [5.41, 5.74) is -0.362. The Kier molecular flexibility index (Phi) is 4.95. The van der Waals surface area contributed by atoms with Gasteiger partial charge < -0.3 is 25.5 Å². The van der Waals surface area contributed by atoms with Crippen LogP contribution in [0.4, 0.5) is 0 Å². The normalized spacial score (nSPS) is 13.6. The van der Waals surface area contributed by atoms with Crippen molar-refractivity contribution < 1.29 is 25.5 Å². The quantitative estimate of drug-likeness (QED) is 0.235. The number of nitrogens with zero attached hydrogens (tertiary/aromatic N) is 1. The highest BCUT2D eigenvalue weighted by molar-refractivity contribution is 5.89. The molecule has 0 aromatic carbocycles. The standard InChI is InChI=1S/C6H13NO5/c8-3-1-5(6(10,11)12)7-2-4-9/h8-12H,1-4H2. The van der Waals surface area contributed by atoms with E-state index < -0.39 is 5.97 Å². The van der Waals surface area contributed by atoms with Crippen molar-refractivity contribution in [3.05, 3.63) is 0 Å². The second kappa shape index (κ2) is 5.18. The number of aliphatic hydroxyl groups excluding tert-OH is 2. The van der Waals surface area contributed by atoms with E-state index >= 15 is 0 Å².